The summed E-state index contributed by atoms with van der Waals surface area (Å²) < 4.78 is 26.5. The molecule has 0 bridgehead atoms. The van der Waals surface area contributed by atoms with Gasteiger partial charge in [0.15, 0.2) is 5.69 Å². The molecule has 1 aromatic heterocycles. The third-order valence-corrected chi connectivity index (χ3v) is 4.47. The topological polar surface area (TPSA) is 112 Å². The first-order chi connectivity index (χ1) is 7.92. The van der Waals surface area contributed by atoms with Crippen molar-refractivity contribution < 1.29 is 18.3 Å². The van der Waals surface area contributed by atoms with Gasteiger partial charge in [-0.15, -0.1) is 0 Å². The van der Waals surface area contributed by atoms with Crippen molar-refractivity contribution in [3.05, 3.63) is 11.4 Å². The van der Waals surface area contributed by atoms with E-state index in [-0.39, 0.29) is 16.6 Å². The highest BCUT2D eigenvalue weighted by Gasteiger charge is 2.31. The Hall–Kier alpha value is -1.41. The Morgan fingerprint density at radius 1 is 1.53 bits per heavy atom. The van der Waals surface area contributed by atoms with E-state index >= 15 is 0 Å². The molecular formula is C9H13N3O4S. The highest BCUT2D eigenvalue weighted by Crippen LogP contribution is 2.23. The van der Waals surface area contributed by atoms with Crippen LogP contribution in [0.25, 0.3) is 0 Å². The summed E-state index contributed by atoms with van der Waals surface area (Å²) in [7, 11) is -3.81. The van der Waals surface area contributed by atoms with Gasteiger partial charge in [-0.05, 0) is 19.8 Å². The Kier molecular flexibility index (Phi) is 2.92. The number of hydrogen-bond acceptors (Lipinski definition) is 4. The molecule has 1 aliphatic rings. The van der Waals surface area contributed by atoms with Crippen LogP contribution < -0.4 is 4.72 Å². The van der Waals surface area contributed by atoms with Crippen LogP contribution in [0.2, 0.25) is 0 Å². The van der Waals surface area contributed by atoms with Crippen molar-refractivity contribution in [2.75, 3.05) is 0 Å². The van der Waals surface area contributed by atoms with Crippen molar-refractivity contribution in [1.29, 1.82) is 0 Å². The van der Waals surface area contributed by atoms with Crippen LogP contribution >= 0.6 is 0 Å². The van der Waals surface area contributed by atoms with Crippen LogP contribution in [0.4, 0.5) is 0 Å². The number of carbonyl (C=O) groups is 1. The molecule has 1 aliphatic carbocycles. The zero-order valence-electron chi connectivity index (χ0n) is 9.23. The van der Waals surface area contributed by atoms with Gasteiger partial charge >= 0.3 is 5.97 Å². The maximum absolute atomic E-state index is 12.0. The monoisotopic (exact) mass is 259 g/mol. The van der Waals surface area contributed by atoms with Crippen LogP contribution in [0.1, 0.15) is 35.4 Å². The summed E-state index contributed by atoms with van der Waals surface area (Å²) >= 11 is 0. The zero-order valence-corrected chi connectivity index (χ0v) is 10.0. The fourth-order valence-corrected chi connectivity index (χ4v) is 3.33. The number of aryl methyl sites for hydroxylation is 1. The summed E-state index contributed by atoms with van der Waals surface area (Å²) in [6, 6.07) is -0.0871. The maximum Gasteiger partial charge on any atom is 0.357 e. The standard InChI is InChI=1S/C9H13N3O4S/c1-5-8(7(9(13)14)11-10-5)17(15,16)12-6-3-2-4-6/h6,12H,2-4H2,1H3,(H,10,11)(H,13,14). The van der Waals surface area contributed by atoms with E-state index in [2.05, 4.69) is 14.9 Å². The van der Waals surface area contributed by atoms with Crippen molar-refractivity contribution in [2.24, 2.45) is 0 Å². The molecule has 0 atom stereocenters. The van der Waals surface area contributed by atoms with Crippen LogP contribution in [0.15, 0.2) is 4.90 Å². The Morgan fingerprint density at radius 2 is 2.18 bits per heavy atom. The Bertz CT molecular complexity index is 545. The normalized spacial score (nSPS) is 16.8. The summed E-state index contributed by atoms with van der Waals surface area (Å²) in [5.41, 5.74) is -0.233. The number of aromatic nitrogens is 2. The largest absolute Gasteiger partial charge is 0.476 e. The van der Waals surface area contributed by atoms with Crippen molar-refractivity contribution in [1.82, 2.24) is 14.9 Å². The molecule has 0 amide bonds. The number of carboxylic acid groups (broad SMARTS) is 1. The molecule has 0 aromatic carbocycles. The molecule has 1 heterocycles. The lowest BCUT2D eigenvalue weighted by Gasteiger charge is -2.25. The lowest BCUT2D eigenvalue weighted by atomic mass is 9.94. The number of nitrogens with zero attached hydrogens (tertiary/aromatic N) is 1. The number of carboxylic acids is 1. The van der Waals surface area contributed by atoms with Crippen molar-refractivity contribution in [3.63, 3.8) is 0 Å². The Labute approximate surface area is 98.3 Å². The molecule has 2 rings (SSSR count). The Balaban J connectivity index is 2.37. The first kappa shape index (κ1) is 12.1. The van der Waals surface area contributed by atoms with Gasteiger partial charge in [-0.2, -0.15) is 5.10 Å². The lowest BCUT2D eigenvalue weighted by molar-refractivity contribution is 0.0686. The van der Waals surface area contributed by atoms with Gasteiger partial charge < -0.3 is 5.11 Å². The van der Waals surface area contributed by atoms with E-state index in [9.17, 15) is 13.2 Å². The third-order valence-electron chi connectivity index (χ3n) is 2.79. The minimum atomic E-state index is -3.81. The van der Waals surface area contributed by atoms with Gasteiger partial charge in [0, 0.05) is 6.04 Å². The SMILES string of the molecule is Cc1[nH]nc(C(=O)O)c1S(=O)(=O)NC1CCC1. The Morgan fingerprint density at radius 3 is 2.65 bits per heavy atom. The highest BCUT2D eigenvalue weighted by molar-refractivity contribution is 7.89. The lowest BCUT2D eigenvalue weighted by Crippen LogP contribution is -2.40. The molecule has 0 aliphatic heterocycles. The van der Waals surface area contributed by atoms with Gasteiger partial charge in [-0.3, -0.25) is 5.10 Å². The number of aromatic amines is 1. The summed E-state index contributed by atoms with van der Waals surface area (Å²) in [5.74, 6) is -1.36. The predicted octanol–water partition coefficient (Wildman–Crippen LogP) is 0.247. The van der Waals surface area contributed by atoms with Crippen LogP contribution in [0, 0.1) is 6.92 Å². The summed E-state index contributed by atoms with van der Waals surface area (Å²) in [5, 5.41) is 14.7. The molecule has 3 N–H and O–H groups in total. The molecule has 94 valence electrons. The van der Waals surface area contributed by atoms with E-state index in [1.165, 1.54) is 6.92 Å². The molecular weight excluding hydrogens is 246 g/mol. The first-order valence-corrected chi connectivity index (χ1v) is 6.70. The molecule has 1 aromatic rings. The highest BCUT2D eigenvalue weighted by atomic mass is 32.2. The average molecular weight is 259 g/mol. The second-order valence-corrected chi connectivity index (χ2v) is 5.73. The fraction of sp³-hybridized carbons (Fsp3) is 0.556. The molecule has 8 heteroatoms. The van der Waals surface area contributed by atoms with E-state index in [0.29, 0.717) is 0 Å². The van der Waals surface area contributed by atoms with Crippen molar-refractivity contribution in [2.45, 2.75) is 37.1 Å². The molecule has 0 radical (unpaired) electrons. The number of nitrogens with one attached hydrogen (secondary N) is 2. The number of hydrogen-bond donors (Lipinski definition) is 3. The van der Waals surface area contributed by atoms with Gasteiger partial charge in [0.05, 0.1) is 5.69 Å². The average Bonchev–Trinajstić information content (AvgIpc) is 2.55. The second kappa shape index (κ2) is 4.11. The van der Waals surface area contributed by atoms with Crippen LogP contribution in [-0.4, -0.2) is 35.7 Å². The molecule has 17 heavy (non-hydrogen) atoms. The first-order valence-electron chi connectivity index (χ1n) is 5.22. The van der Waals surface area contributed by atoms with E-state index < -0.39 is 21.7 Å². The fourth-order valence-electron chi connectivity index (χ4n) is 1.70. The van der Waals surface area contributed by atoms with Crippen molar-refractivity contribution >= 4 is 16.0 Å². The van der Waals surface area contributed by atoms with Crippen molar-refractivity contribution in [3.8, 4) is 0 Å². The van der Waals surface area contributed by atoms with Gasteiger partial charge in [0.2, 0.25) is 10.0 Å². The van der Waals surface area contributed by atoms with E-state index in [1.54, 1.807) is 0 Å². The number of rotatable bonds is 4. The van der Waals surface area contributed by atoms with Gasteiger partial charge in [-0.25, -0.2) is 17.9 Å². The third kappa shape index (κ3) is 2.18. The maximum atomic E-state index is 12.0. The second-order valence-electron chi connectivity index (χ2n) is 4.08. The van der Waals surface area contributed by atoms with E-state index in [4.69, 9.17) is 5.11 Å². The number of aromatic carboxylic acids is 1. The molecule has 1 fully saturated rings. The van der Waals surface area contributed by atoms with Gasteiger partial charge in [0.25, 0.3) is 0 Å². The van der Waals surface area contributed by atoms with Crippen LogP contribution in [0.5, 0.6) is 0 Å². The summed E-state index contributed by atoms with van der Waals surface area (Å²) in [4.78, 5) is 10.6. The number of H-pyrrole nitrogens is 1. The molecule has 0 spiro atoms. The number of sulfonamides is 1. The summed E-state index contributed by atoms with van der Waals surface area (Å²) in [6.45, 7) is 1.48. The smallest absolute Gasteiger partial charge is 0.357 e. The zero-order chi connectivity index (χ0) is 12.6. The van der Waals surface area contributed by atoms with E-state index in [0.717, 1.165) is 19.3 Å². The minimum absolute atomic E-state index is 0.0871. The molecule has 1 saturated carbocycles. The van der Waals surface area contributed by atoms with E-state index in [1.807, 2.05) is 0 Å². The quantitative estimate of drug-likeness (QED) is 0.717. The molecule has 0 unspecified atom stereocenters. The molecule has 7 nitrogen and oxygen atoms in total. The van der Waals surface area contributed by atoms with Crippen LogP contribution in [-0.2, 0) is 10.0 Å². The van der Waals surface area contributed by atoms with Crippen LogP contribution in [0.3, 0.4) is 0 Å². The molecule has 0 saturated heterocycles. The van der Waals surface area contributed by atoms with Gasteiger partial charge in [0.1, 0.15) is 4.90 Å². The predicted molar refractivity (Wildman–Crippen MR) is 58.2 cm³/mol. The van der Waals surface area contributed by atoms with Gasteiger partial charge in [-0.1, -0.05) is 6.42 Å². The summed E-state index contributed by atoms with van der Waals surface area (Å²) in [6.07, 6.45) is 2.57. The minimum Gasteiger partial charge on any atom is -0.476 e.